The van der Waals surface area contributed by atoms with Crippen LogP contribution in [0.5, 0.6) is 0 Å². The highest BCUT2D eigenvalue weighted by Gasteiger charge is 2.15. The smallest absolute Gasteiger partial charge is 0.229 e. The Bertz CT molecular complexity index is 1070. The van der Waals surface area contributed by atoms with Crippen molar-refractivity contribution in [3.05, 3.63) is 70.8 Å². The van der Waals surface area contributed by atoms with Crippen molar-refractivity contribution < 1.29 is 17.2 Å². The molecule has 0 amide bonds. The zero-order valence-electron chi connectivity index (χ0n) is 17.6. The Kier molecular flexibility index (Phi) is 7.36. The number of allylic oxidation sites excluding steroid dienone is 1. The first-order valence-corrected chi connectivity index (χ1v) is 11.6. The van der Waals surface area contributed by atoms with Crippen LogP contribution in [0.15, 0.2) is 48.3 Å². The van der Waals surface area contributed by atoms with E-state index in [1.54, 1.807) is 6.92 Å². The van der Waals surface area contributed by atoms with E-state index in [0.717, 1.165) is 17.4 Å². The second-order valence-corrected chi connectivity index (χ2v) is 10.3. The monoisotopic (exact) mass is 452 g/mol. The summed E-state index contributed by atoms with van der Waals surface area (Å²) in [6.45, 7) is 8.07. The lowest BCUT2D eigenvalue weighted by molar-refractivity contribution is 0.590. The van der Waals surface area contributed by atoms with E-state index < -0.39 is 21.7 Å². The normalized spacial score (nSPS) is 12.9. The quantitative estimate of drug-likeness (QED) is 0.461. The molecule has 162 valence electrons. The maximum Gasteiger partial charge on any atom is 0.229 e. The molecule has 4 nitrogen and oxygen atoms in total. The molecular formula is C22H26F2N2O2S2. The van der Waals surface area contributed by atoms with E-state index in [9.17, 15) is 17.2 Å². The van der Waals surface area contributed by atoms with Crippen molar-refractivity contribution in [3.63, 3.8) is 0 Å². The van der Waals surface area contributed by atoms with Crippen LogP contribution in [0.1, 0.15) is 44.4 Å². The van der Waals surface area contributed by atoms with E-state index >= 15 is 0 Å². The van der Waals surface area contributed by atoms with Crippen LogP contribution in [0, 0.1) is 5.82 Å². The summed E-state index contributed by atoms with van der Waals surface area (Å²) in [5.74, 6) is -1.28. The zero-order valence-corrected chi connectivity index (χ0v) is 19.3. The summed E-state index contributed by atoms with van der Waals surface area (Å²) >= 11 is 5.14. The van der Waals surface area contributed by atoms with Gasteiger partial charge in [0.1, 0.15) is 10.8 Å². The summed E-state index contributed by atoms with van der Waals surface area (Å²) in [6.07, 6.45) is 0.939. The first-order valence-electron chi connectivity index (χ1n) is 9.29. The number of hydrogen-bond acceptors (Lipinski definition) is 3. The average Bonchev–Trinajstić information content (AvgIpc) is 2.65. The molecule has 0 aliphatic heterocycles. The van der Waals surface area contributed by atoms with Gasteiger partial charge in [0, 0.05) is 6.54 Å². The van der Waals surface area contributed by atoms with Crippen LogP contribution in [0.3, 0.4) is 0 Å². The van der Waals surface area contributed by atoms with Crippen LogP contribution >= 0.6 is 12.2 Å². The third-order valence-corrected chi connectivity index (χ3v) is 5.41. The molecule has 8 heteroatoms. The molecule has 0 bridgehead atoms. The summed E-state index contributed by atoms with van der Waals surface area (Å²) < 4.78 is 53.4. The van der Waals surface area contributed by atoms with Gasteiger partial charge in [0.2, 0.25) is 10.0 Å². The number of hydrogen-bond donors (Lipinski definition) is 2. The van der Waals surface area contributed by atoms with E-state index in [0.29, 0.717) is 11.1 Å². The molecule has 0 aromatic heterocycles. The molecule has 0 heterocycles. The molecule has 2 aromatic rings. The van der Waals surface area contributed by atoms with Crippen molar-refractivity contribution >= 4 is 38.5 Å². The summed E-state index contributed by atoms with van der Waals surface area (Å²) in [5.41, 5.74) is 2.64. The zero-order chi connectivity index (χ0) is 22.7. The third kappa shape index (κ3) is 6.60. The molecule has 2 rings (SSSR count). The second-order valence-electron chi connectivity index (χ2n) is 8.14. The van der Waals surface area contributed by atoms with Gasteiger partial charge in [-0.2, -0.15) is 0 Å². The molecule has 2 N–H and O–H groups in total. The van der Waals surface area contributed by atoms with Gasteiger partial charge in [-0.3, -0.25) is 4.72 Å². The van der Waals surface area contributed by atoms with Gasteiger partial charge in [-0.15, -0.1) is 0 Å². The van der Waals surface area contributed by atoms with Crippen LogP contribution in [-0.2, 0) is 22.0 Å². The van der Waals surface area contributed by atoms with Crippen molar-refractivity contribution in [1.29, 1.82) is 0 Å². The molecule has 30 heavy (non-hydrogen) atoms. The number of halogens is 2. The molecule has 2 aromatic carbocycles. The summed E-state index contributed by atoms with van der Waals surface area (Å²) in [7, 11) is -3.58. The van der Waals surface area contributed by atoms with Crippen LogP contribution in [-0.4, -0.2) is 19.7 Å². The Morgan fingerprint density at radius 2 is 1.70 bits per heavy atom. The number of nitrogens with one attached hydrogen (secondary N) is 2. The minimum atomic E-state index is -3.58. The van der Waals surface area contributed by atoms with E-state index in [1.165, 1.54) is 18.2 Å². The van der Waals surface area contributed by atoms with Gasteiger partial charge < -0.3 is 5.32 Å². The van der Waals surface area contributed by atoms with Crippen molar-refractivity contribution in [2.75, 3.05) is 11.0 Å². The van der Waals surface area contributed by atoms with Gasteiger partial charge in [0.15, 0.2) is 5.83 Å². The number of anilines is 1. The lowest BCUT2D eigenvalue weighted by Crippen LogP contribution is -2.22. The van der Waals surface area contributed by atoms with Gasteiger partial charge in [-0.1, -0.05) is 63.3 Å². The Hall–Kier alpha value is -2.32. The van der Waals surface area contributed by atoms with Crippen molar-refractivity contribution in [1.82, 2.24) is 5.32 Å². The van der Waals surface area contributed by atoms with Gasteiger partial charge >= 0.3 is 0 Å². The number of rotatable bonds is 6. The van der Waals surface area contributed by atoms with E-state index in [2.05, 4.69) is 30.8 Å². The maximum absolute atomic E-state index is 14.8. The number of sulfonamides is 1. The molecule has 0 atom stereocenters. The lowest BCUT2D eigenvalue weighted by Gasteiger charge is -2.19. The maximum atomic E-state index is 14.8. The van der Waals surface area contributed by atoms with Crippen LogP contribution in [0.4, 0.5) is 14.5 Å². The highest BCUT2D eigenvalue weighted by atomic mass is 32.2. The van der Waals surface area contributed by atoms with Gasteiger partial charge in [-0.25, -0.2) is 17.2 Å². The molecule has 0 fully saturated rings. The molecule has 0 radical (unpaired) electrons. The van der Waals surface area contributed by atoms with Gasteiger partial charge in [0.25, 0.3) is 0 Å². The fraction of sp³-hybridized carbons (Fsp3) is 0.318. The Labute approximate surface area is 182 Å². The lowest BCUT2D eigenvalue weighted by atomic mass is 9.86. The predicted molar refractivity (Wildman–Crippen MR) is 123 cm³/mol. The predicted octanol–water partition coefficient (Wildman–Crippen LogP) is 5.31. The Balaban J connectivity index is 2.09. The molecule has 0 aliphatic rings. The number of benzene rings is 2. The summed E-state index contributed by atoms with van der Waals surface area (Å²) in [5, 5.41) is 2.77. The molecule has 0 spiro atoms. The first-order chi connectivity index (χ1) is 13.8. The standard InChI is InChI=1S/C22H26F2N2O2S2/c1-14(16-7-9-17(10-8-16)22(2,3)4)20(24)21(29)25-13-15-6-11-19(18(23)12-15)26-30(5,27)28/h6-12,26H,13H2,1-5H3,(H,25,29)/b20-14-. The fourth-order valence-corrected chi connectivity index (χ4v) is 3.52. The summed E-state index contributed by atoms with van der Waals surface area (Å²) in [6, 6.07) is 11.7. The molecular weight excluding hydrogens is 426 g/mol. The molecule has 0 saturated carbocycles. The molecule has 0 unspecified atom stereocenters. The molecule has 0 aliphatic carbocycles. The van der Waals surface area contributed by atoms with E-state index in [1.807, 2.05) is 24.3 Å². The van der Waals surface area contributed by atoms with E-state index in [4.69, 9.17) is 12.2 Å². The van der Waals surface area contributed by atoms with Crippen LogP contribution in [0.2, 0.25) is 0 Å². The Morgan fingerprint density at radius 1 is 1.10 bits per heavy atom. The van der Waals surface area contributed by atoms with Crippen molar-refractivity contribution in [2.24, 2.45) is 0 Å². The Morgan fingerprint density at radius 3 is 2.20 bits per heavy atom. The largest absolute Gasteiger partial charge is 0.370 e. The van der Waals surface area contributed by atoms with Crippen LogP contribution < -0.4 is 10.0 Å². The highest BCUT2D eigenvalue weighted by Crippen LogP contribution is 2.26. The summed E-state index contributed by atoms with van der Waals surface area (Å²) in [4.78, 5) is -0.0776. The van der Waals surface area contributed by atoms with E-state index in [-0.39, 0.29) is 22.6 Å². The highest BCUT2D eigenvalue weighted by molar-refractivity contribution is 7.92. The fourth-order valence-electron chi connectivity index (χ4n) is 2.73. The second kappa shape index (κ2) is 9.22. The van der Waals surface area contributed by atoms with Crippen molar-refractivity contribution in [3.8, 4) is 0 Å². The van der Waals surface area contributed by atoms with Gasteiger partial charge in [-0.05, 0) is 46.7 Å². The minimum absolute atomic E-state index is 0.00715. The van der Waals surface area contributed by atoms with Gasteiger partial charge in [0.05, 0.1) is 11.9 Å². The third-order valence-electron chi connectivity index (χ3n) is 4.49. The SMILES string of the molecule is C/C(=C(/F)C(=S)NCc1ccc(NS(C)(=O)=O)c(F)c1)c1ccc(C(C)(C)C)cc1. The minimum Gasteiger partial charge on any atom is -0.370 e. The van der Waals surface area contributed by atoms with Crippen molar-refractivity contribution in [2.45, 2.75) is 39.7 Å². The van der Waals surface area contributed by atoms with Crippen LogP contribution in [0.25, 0.3) is 5.57 Å². The first kappa shape index (κ1) is 24.0. The number of thiocarbonyl (C=S) groups is 1. The molecule has 0 saturated heterocycles. The average molecular weight is 453 g/mol. The topological polar surface area (TPSA) is 58.2 Å².